The molecule has 204 valence electrons. The van der Waals surface area contributed by atoms with E-state index in [2.05, 4.69) is 29.2 Å². The molecule has 1 saturated carbocycles. The first kappa shape index (κ1) is 25.4. The van der Waals surface area contributed by atoms with Crippen LogP contribution in [-0.2, 0) is 4.79 Å². The van der Waals surface area contributed by atoms with E-state index in [1.54, 1.807) is 0 Å². The fourth-order valence-electron chi connectivity index (χ4n) is 5.73. The first-order chi connectivity index (χ1) is 18.6. The predicted molar refractivity (Wildman–Crippen MR) is 147 cm³/mol. The van der Waals surface area contributed by atoms with Crippen molar-refractivity contribution >= 4 is 39.6 Å². The van der Waals surface area contributed by atoms with E-state index in [1.165, 1.54) is 18.2 Å². The lowest BCUT2D eigenvalue weighted by Crippen LogP contribution is -2.37. The highest BCUT2D eigenvalue weighted by Crippen LogP contribution is 2.54. The van der Waals surface area contributed by atoms with Gasteiger partial charge in [0.25, 0.3) is 5.91 Å². The quantitative estimate of drug-likeness (QED) is 0.458. The van der Waals surface area contributed by atoms with E-state index in [4.69, 9.17) is 10.8 Å². The Balaban J connectivity index is 1.39. The number of aryl methyl sites for hydroxylation is 1. The molecule has 4 N–H and O–H groups in total. The molecule has 1 saturated heterocycles. The van der Waals surface area contributed by atoms with Crippen molar-refractivity contribution in [3.63, 3.8) is 0 Å². The van der Waals surface area contributed by atoms with E-state index in [1.807, 2.05) is 23.7 Å². The van der Waals surface area contributed by atoms with Crippen molar-refractivity contribution < 1.29 is 18.7 Å². The van der Waals surface area contributed by atoms with Gasteiger partial charge in [-0.2, -0.15) is 10.2 Å². The maximum absolute atomic E-state index is 14.4. The van der Waals surface area contributed by atoms with Gasteiger partial charge in [0.1, 0.15) is 11.4 Å². The highest BCUT2D eigenvalue weighted by Gasteiger charge is 2.54. The number of nitrogens with zero attached hydrogens (tertiary/aromatic N) is 5. The largest absolute Gasteiger partial charge is 0.368 e. The highest BCUT2D eigenvalue weighted by molar-refractivity contribution is 6.47. The number of carbonyl (C=O) groups is 1. The van der Waals surface area contributed by atoms with Gasteiger partial charge in [0, 0.05) is 36.0 Å². The Morgan fingerprint density at radius 3 is 2.54 bits per heavy atom. The Morgan fingerprint density at radius 1 is 1.18 bits per heavy atom. The summed E-state index contributed by atoms with van der Waals surface area (Å²) in [5.41, 5.74) is 9.21. The molecule has 3 aromatic rings. The van der Waals surface area contributed by atoms with Crippen molar-refractivity contribution in [2.45, 2.75) is 51.9 Å². The van der Waals surface area contributed by atoms with Crippen molar-refractivity contribution in [2.75, 3.05) is 28.3 Å². The Bertz CT molecular complexity index is 1520. The van der Waals surface area contributed by atoms with Crippen molar-refractivity contribution in [3.05, 3.63) is 59.8 Å². The number of rotatable bonds is 5. The van der Waals surface area contributed by atoms with Crippen LogP contribution in [0.2, 0.25) is 0 Å². The zero-order valence-electron chi connectivity index (χ0n) is 22.0. The SMILES string of the molecule is Cc1nn(C(C)C)c2ccc(NC(=O)C3=NN(c4c(F)cccc4F)C(O)C=C3)c(N3C[C@H](N)C4(CC4)C3)c12. The van der Waals surface area contributed by atoms with Gasteiger partial charge in [-0.25, -0.2) is 13.8 Å². The van der Waals surface area contributed by atoms with Gasteiger partial charge in [-0.15, -0.1) is 0 Å². The molecular weight excluding hydrogens is 504 g/mol. The zero-order chi connectivity index (χ0) is 27.6. The fraction of sp³-hybridized carbons (Fsp3) is 0.393. The number of hydrogen-bond donors (Lipinski definition) is 3. The normalized spacial score (nSPS) is 21.8. The third-order valence-electron chi connectivity index (χ3n) is 7.97. The number of hydrogen-bond acceptors (Lipinski definition) is 7. The molecule has 2 atom stereocenters. The number of aliphatic hydroxyl groups is 1. The van der Waals surface area contributed by atoms with Gasteiger partial charge in [0.2, 0.25) is 0 Å². The Hall–Kier alpha value is -3.83. The lowest BCUT2D eigenvalue weighted by Gasteiger charge is -2.27. The maximum Gasteiger partial charge on any atom is 0.276 e. The van der Waals surface area contributed by atoms with E-state index in [0.29, 0.717) is 12.2 Å². The molecule has 2 aromatic carbocycles. The minimum Gasteiger partial charge on any atom is -0.368 e. The third kappa shape index (κ3) is 4.16. The van der Waals surface area contributed by atoms with Gasteiger partial charge in [-0.05, 0) is 70.0 Å². The van der Waals surface area contributed by atoms with E-state index >= 15 is 0 Å². The monoisotopic (exact) mass is 535 g/mol. The summed E-state index contributed by atoms with van der Waals surface area (Å²) in [7, 11) is 0. The van der Waals surface area contributed by atoms with E-state index in [-0.39, 0.29) is 23.2 Å². The fourth-order valence-corrected chi connectivity index (χ4v) is 5.73. The van der Waals surface area contributed by atoms with Crippen LogP contribution in [-0.4, -0.2) is 51.9 Å². The molecule has 9 nitrogen and oxygen atoms in total. The summed E-state index contributed by atoms with van der Waals surface area (Å²) in [5.74, 6) is -2.39. The van der Waals surface area contributed by atoms with Crippen LogP contribution in [0.3, 0.4) is 0 Å². The summed E-state index contributed by atoms with van der Waals surface area (Å²) in [4.78, 5) is 15.7. The number of carbonyl (C=O) groups excluding carboxylic acids is 1. The molecule has 1 spiro atoms. The standard InChI is InChI=1S/C28H31F2N7O2/c1-15(2)36-21-9-7-19(26(24(21)16(3)33-36)35-13-22(31)28(14-35)11-12-28)32-27(39)20-8-10-23(38)37(34-20)25-17(29)5-4-6-18(25)30/h4-10,15,22-23,38H,11-14,31H2,1-3H3,(H,32,39)/t22-,23?/m0/s1. The second-order valence-corrected chi connectivity index (χ2v) is 11.0. The number of aliphatic hydroxyl groups excluding tert-OH is 1. The smallest absolute Gasteiger partial charge is 0.276 e. The minimum atomic E-state index is -1.44. The lowest BCUT2D eigenvalue weighted by atomic mass is 10.0. The Kier molecular flexibility index (Phi) is 5.96. The third-order valence-corrected chi connectivity index (χ3v) is 7.97. The van der Waals surface area contributed by atoms with Crippen LogP contribution in [0.5, 0.6) is 0 Å². The average molecular weight is 536 g/mol. The van der Waals surface area contributed by atoms with Crippen LogP contribution in [0.1, 0.15) is 38.4 Å². The van der Waals surface area contributed by atoms with E-state index < -0.39 is 29.5 Å². The lowest BCUT2D eigenvalue weighted by molar-refractivity contribution is -0.110. The molecule has 6 rings (SSSR count). The molecule has 1 amide bonds. The first-order valence-electron chi connectivity index (χ1n) is 13.1. The molecule has 0 bridgehead atoms. The minimum absolute atomic E-state index is 0.0353. The van der Waals surface area contributed by atoms with Gasteiger partial charge in [-0.1, -0.05) is 6.07 Å². The number of anilines is 3. The Morgan fingerprint density at radius 2 is 1.90 bits per heavy atom. The van der Waals surface area contributed by atoms with Crippen LogP contribution in [0.4, 0.5) is 25.8 Å². The van der Waals surface area contributed by atoms with Crippen LogP contribution < -0.4 is 21.0 Å². The summed E-state index contributed by atoms with van der Waals surface area (Å²) < 4.78 is 30.9. The molecule has 11 heteroatoms. The number of fused-ring (bicyclic) bond motifs is 1. The summed E-state index contributed by atoms with van der Waals surface area (Å²) in [6.45, 7) is 7.53. The average Bonchev–Trinajstić information content (AvgIpc) is 3.50. The molecule has 2 fully saturated rings. The van der Waals surface area contributed by atoms with Crippen molar-refractivity contribution in [1.29, 1.82) is 0 Å². The Labute approximate surface area is 224 Å². The number of halogens is 2. The second kappa shape index (κ2) is 9.13. The predicted octanol–water partition coefficient (Wildman–Crippen LogP) is 3.82. The molecule has 0 radical (unpaired) electrons. The van der Waals surface area contributed by atoms with Gasteiger partial charge >= 0.3 is 0 Å². The molecule has 1 aliphatic carbocycles. The number of hydrazone groups is 1. The number of para-hydroxylation sites is 1. The summed E-state index contributed by atoms with van der Waals surface area (Å²) >= 11 is 0. The van der Waals surface area contributed by atoms with Gasteiger partial charge in [0.05, 0.1) is 22.6 Å². The van der Waals surface area contributed by atoms with E-state index in [9.17, 15) is 18.7 Å². The molecule has 1 aromatic heterocycles. The topological polar surface area (TPSA) is 112 Å². The van der Waals surface area contributed by atoms with Crippen LogP contribution in [0.15, 0.2) is 47.6 Å². The van der Waals surface area contributed by atoms with Crippen molar-refractivity contribution in [3.8, 4) is 0 Å². The zero-order valence-corrected chi connectivity index (χ0v) is 22.0. The van der Waals surface area contributed by atoms with Crippen molar-refractivity contribution in [2.24, 2.45) is 16.3 Å². The summed E-state index contributed by atoms with van der Waals surface area (Å²) in [6, 6.07) is 7.29. The van der Waals surface area contributed by atoms with Crippen LogP contribution >= 0.6 is 0 Å². The highest BCUT2D eigenvalue weighted by atomic mass is 19.1. The number of aromatic nitrogens is 2. The molecule has 39 heavy (non-hydrogen) atoms. The first-order valence-corrected chi connectivity index (χ1v) is 13.1. The van der Waals surface area contributed by atoms with Crippen molar-refractivity contribution in [1.82, 2.24) is 9.78 Å². The number of benzene rings is 2. The van der Waals surface area contributed by atoms with E-state index in [0.717, 1.165) is 58.8 Å². The summed E-state index contributed by atoms with van der Waals surface area (Å²) in [6.07, 6.45) is 3.31. The number of nitrogens with two attached hydrogens (primary N) is 1. The molecule has 2 aliphatic heterocycles. The van der Waals surface area contributed by atoms with Crippen LogP contribution in [0.25, 0.3) is 10.9 Å². The van der Waals surface area contributed by atoms with Gasteiger partial charge in [-0.3, -0.25) is 9.48 Å². The number of amides is 1. The summed E-state index contributed by atoms with van der Waals surface area (Å²) in [5, 5.41) is 23.9. The number of nitrogens with one attached hydrogen (secondary N) is 1. The molecule has 3 heterocycles. The van der Waals surface area contributed by atoms with Crippen LogP contribution in [0, 0.1) is 24.0 Å². The van der Waals surface area contributed by atoms with Gasteiger partial charge in [0.15, 0.2) is 17.9 Å². The molecule has 1 unspecified atom stereocenters. The molecule has 3 aliphatic rings. The van der Waals surface area contributed by atoms with Gasteiger partial charge < -0.3 is 21.1 Å². The maximum atomic E-state index is 14.4. The second-order valence-electron chi connectivity index (χ2n) is 11.0. The molecular formula is C28H31F2N7O2.